The van der Waals surface area contributed by atoms with Crippen LogP contribution < -0.4 is 5.32 Å². The Hall–Kier alpha value is -0.561. The molecule has 28 heavy (non-hydrogen) atoms. The van der Waals surface area contributed by atoms with Gasteiger partial charge in [-0.1, -0.05) is 0 Å². The Morgan fingerprint density at radius 2 is 1.93 bits per heavy atom. The fraction of sp³-hybridized carbons (Fsp3) is 0.263. The first kappa shape index (κ1) is 20.7. The first-order valence-electron chi connectivity index (χ1n) is 8.74. The van der Waals surface area contributed by atoms with Crippen molar-refractivity contribution in [1.82, 2.24) is 15.1 Å². The summed E-state index contributed by atoms with van der Waals surface area (Å²) in [5.74, 6) is -0.165. The van der Waals surface area contributed by atoms with Crippen LogP contribution in [0.2, 0.25) is 10.0 Å². The molecule has 0 saturated heterocycles. The predicted molar refractivity (Wildman–Crippen MR) is 121 cm³/mol. The summed E-state index contributed by atoms with van der Waals surface area (Å²) >= 11 is 19.8. The van der Waals surface area contributed by atoms with Crippen molar-refractivity contribution in [2.45, 2.75) is 31.7 Å². The molecule has 1 amide bonds. The van der Waals surface area contributed by atoms with Crippen LogP contribution in [-0.4, -0.2) is 36.2 Å². The minimum atomic E-state index is -0.165. The summed E-state index contributed by atoms with van der Waals surface area (Å²) in [7, 11) is 0. The molecule has 1 aromatic carbocycles. The molecule has 0 unspecified atom stereocenters. The number of rotatable bonds is 4. The number of nitrogens with one attached hydrogen (secondary N) is 1. The number of aromatic nitrogens is 2. The number of carbonyl (C=O) groups excluding carboxylic acids is 1. The molecule has 1 fully saturated rings. The van der Waals surface area contributed by atoms with E-state index < -0.39 is 0 Å². The molecule has 0 aliphatic heterocycles. The van der Waals surface area contributed by atoms with Crippen LogP contribution in [0.3, 0.4) is 0 Å². The van der Waals surface area contributed by atoms with Gasteiger partial charge in [0.2, 0.25) is 0 Å². The Labute approximate surface area is 195 Å². The number of hydrogen-bond donors (Lipinski definition) is 1. The van der Waals surface area contributed by atoms with E-state index in [0.717, 1.165) is 39.2 Å². The van der Waals surface area contributed by atoms with Gasteiger partial charge >= 0.3 is 197 Å². The number of benzene rings is 1. The van der Waals surface area contributed by atoms with E-state index in [2.05, 4.69) is 42.3 Å². The molecule has 146 valence electrons. The summed E-state index contributed by atoms with van der Waals surface area (Å²) in [4.78, 5) is 12.9. The molecule has 0 bridgehead atoms. The van der Waals surface area contributed by atoms with E-state index in [4.69, 9.17) is 23.2 Å². The zero-order valence-corrected chi connectivity index (χ0v) is 20.9. The van der Waals surface area contributed by atoms with Crippen LogP contribution in [0.1, 0.15) is 36.2 Å². The van der Waals surface area contributed by atoms with E-state index in [-0.39, 0.29) is 26.5 Å². The molecular weight excluding hydrogens is 596 g/mol. The van der Waals surface area contributed by atoms with Gasteiger partial charge in [-0.15, -0.1) is 0 Å². The van der Waals surface area contributed by atoms with E-state index in [0.29, 0.717) is 25.9 Å². The third-order valence-corrected chi connectivity index (χ3v) is 8.92. The van der Waals surface area contributed by atoms with Crippen molar-refractivity contribution in [3.05, 3.63) is 53.9 Å². The van der Waals surface area contributed by atoms with Gasteiger partial charge in [0, 0.05) is 0 Å². The van der Waals surface area contributed by atoms with Gasteiger partial charge in [0.1, 0.15) is 0 Å². The van der Waals surface area contributed by atoms with Crippen molar-refractivity contribution in [3.8, 4) is 15.8 Å². The molecule has 3 aromatic rings. The van der Waals surface area contributed by atoms with Crippen LogP contribution in [0, 0.1) is 0 Å². The Morgan fingerprint density at radius 1 is 1.18 bits per heavy atom. The number of amides is 1. The monoisotopic (exact) mass is 609 g/mol. The second-order valence-electron chi connectivity index (χ2n) is 6.58. The minimum absolute atomic E-state index is 0.0956. The molecule has 1 saturated carbocycles. The van der Waals surface area contributed by atoms with Crippen LogP contribution in [0.5, 0.6) is 0 Å². The fourth-order valence-electron chi connectivity index (χ4n) is 3.35. The van der Waals surface area contributed by atoms with Crippen molar-refractivity contribution in [3.63, 3.8) is 0 Å². The van der Waals surface area contributed by atoms with Crippen LogP contribution in [0.25, 0.3) is 15.8 Å². The molecular formula is C19H15Br2Cl2N3OSe. The van der Waals surface area contributed by atoms with E-state index in [1.807, 2.05) is 18.2 Å². The molecule has 0 spiro atoms. The van der Waals surface area contributed by atoms with Gasteiger partial charge in [-0.3, -0.25) is 0 Å². The van der Waals surface area contributed by atoms with Crippen LogP contribution in [0.4, 0.5) is 0 Å². The van der Waals surface area contributed by atoms with Gasteiger partial charge < -0.3 is 0 Å². The quantitative estimate of drug-likeness (QED) is 0.363. The number of carbonyl (C=O) groups is 1. The summed E-state index contributed by atoms with van der Waals surface area (Å²) in [5, 5.41) is 8.79. The third kappa shape index (κ3) is 4.16. The zero-order valence-electron chi connectivity index (χ0n) is 14.5. The summed E-state index contributed by atoms with van der Waals surface area (Å²) in [6.45, 7) is 0. The van der Waals surface area contributed by atoms with Crippen LogP contribution in [0.15, 0.2) is 38.2 Å². The number of nitrogens with zero attached hydrogens (tertiary/aromatic N) is 2. The van der Waals surface area contributed by atoms with Gasteiger partial charge in [0.05, 0.1) is 0 Å². The van der Waals surface area contributed by atoms with E-state index >= 15 is 0 Å². The van der Waals surface area contributed by atoms with E-state index in [1.54, 1.807) is 16.8 Å². The Kier molecular flexibility index (Phi) is 6.41. The third-order valence-electron chi connectivity index (χ3n) is 4.68. The molecule has 2 heterocycles. The van der Waals surface area contributed by atoms with Crippen molar-refractivity contribution in [2.75, 3.05) is 0 Å². The summed E-state index contributed by atoms with van der Waals surface area (Å²) in [6, 6.07) is 9.56. The zero-order chi connectivity index (χ0) is 19.8. The standard InChI is InChI=1S/C19H15Br2Cl2N3OSe/c20-15-8-7-14(28-15)18-16(21)17(19(27)24-11-3-1-2-4-11)25-26(18)13-6-5-10(22)9-12(13)23/h5-9,11H,1-4H2,(H,24,27). The molecule has 1 aliphatic rings. The van der Waals surface area contributed by atoms with Crippen molar-refractivity contribution < 1.29 is 4.79 Å². The van der Waals surface area contributed by atoms with Crippen molar-refractivity contribution in [1.29, 1.82) is 0 Å². The molecule has 9 heteroatoms. The summed E-state index contributed by atoms with van der Waals surface area (Å²) in [6.07, 6.45) is 4.35. The molecule has 0 atom stereocenters. The molecule has 4 rings (SSSR count). The average molecular weight is 611 g/mol. The van der Waals surface area contributed by atoms with Crippen LogP contribution in [-0.2, 0) is 0 Å². The van der Waals surface area contributed by atoms with Crippen molar-refractivity contribution >= 4 is 75.5 Å². The van der Waals surface area contributed by atoms with Crippen molar-refractivity contribution in [2.24, 2.45) is 0 Å². The van der Waals surface area contributed by atoms with E-state index in [1.165, 1.54) is 0 Å². The fourth-order valence-corrected chi connectivity index (χ4v) is 7.42. The van der Waals surface area contributed by atoms with Gasteiger partial charge in [0.25, 0.3) is 0 Å². The molecule has 1 N–H and O–H groups in total. The van der Waals surface area contributed by atoms with Crippen LogP contribution >= 0.6 is 55.1 Å². The predicted octanol–water partition coefficient (Wildman–Crippen LogP) is 6.10. The normalized spacial score (nSPS) is 14.6. The summed E-state index contributed by atoms with van der Waals surface area (Å²) in [5.41, 5.74) is 1.89. The molecule has 1 aliphatic carbocycles. The Balaban J connectivity index is 1.82. The molecule has 4 nitrogen and oxygen atoms in total. The first-order valence-corrected chi connectivity index (χ1v) is 12.8. The first-order chi connectivity index (χ1) is 13.4. The Morgan fingerprint density at radius 3 is 2.57 bits per heavy atom. The van der Waals surface area contributed by atoms with Gasteiger partial charge in [0.15, 0.2) is 0 Å². The topological polar surface area (TPSA) is 46.9 Å². The summed E-state index contributed by atoms with van der Waals surface area (Å²) < 4.78 is 4.65. The number of hydrogen-bond acceptors (Lipinski definition) is 2. The second kappa shape index (κ2) is 8.66. The molecule has 2 aromatic heterocycles. The second-order valence-corrected chi connectivity index (χ2v) is 12.5. The van der Waals surface area contributed by atoms with Gasteiger partial charge in [-0.25, -0.2) is 0 Å². The maximum atomic E-state index is 12.9. The Bertz CT molecular complexity index is 1040. The van der Waals surface area contributed by atoms with E-state index in [9.17, 15) is 4.79 Å². The maximum absolute atomic E-state index is 12.9. The van der Waals surface area contributed by atoms with Gasteiger partial charge in [-0.05, 0) is 0 Å². The number of halogens is 4. The molecule has 0 radical (unpaired) electrons. The van der Waals surface area contributed by atoms with Gasteiger partial charge in [-0.2, -0.15) is 0 Å². The SMILES string of the molecule is O=C(NC1CCCC1)c1nn(-c2ccc(Cl)cc2Cl)c(-c2ccc(Br)[se]2)c1Br. The average Bonchev–Trinajstić information content (AvgIpc) is 3.36.